The van der Waals surface area contributed by atoms with Crippen LogP contribution in [0.5, 0.6) is 0 Å². The average Bonchev–Trinajstić information content (AvgIpc) is 2.60. The summed E-state index contributed by atoms with van der Waals surface area (Å²) in [4.78, 5) is 22.8. The van der Waals surface area contributed by atoms with Gasteiger partial charge in [0.25, 0.3) is 0 Å². The smallest absolute Gasteiger partial charge is 0.189 e. The lowest BCUT2D eigenvalue weighted by atomic mass is 9.96. The molecular formula is C15H29N2O7. The van der Waals surface area contributed by atoms with Crippen molar-refractivity contribution >= 4 is 11.6 Å². The zero-order valence-electron chi connectivity index (χ0n) is 13.7. The summed E-state index contributed by atoms with van der Waals surface area (Å²) < 4.78 is 0. The van der Waals surface area contributed by atoms with E-state index in [4.69, 9.17) is 10.8 Å². The van der Waals surface area contributed by atoms with Crippen molar-refractivity contribution in [2.75, 3.05) is 26.2 Å². The predicted octanol–water partition coefficient (Wildman–Crippen LogP) is -2.62. The molecule has 0 aromatic heterocycles. The fourth-order valence-electron chi connectivity index (χ4n) is 2.06. The average molecular weight is 349 g/mol. The molecule has 0 saturated heterocycles. The lowest BCUT2D eigenvalue weighted by Crippen LogP contribution is -2.50. The topological polar surface area (TPSA) is 171 Å². The van der Waals surface area contributed by atoms with E-state index in [1.807, 2.05) is 0 Å². The minimum absolute atomic E-state index is 0.0330. The summed E-state index contributed by atoms with van der Waals surface area (Å²) in [5, 5.41) is 49.9. The van der Waals surface area contributed by atoms with Gasteiger partial charge in [0.15, 0.2) is 11.6 Å². The van der Waals surface area contributed by atoms with Crippen LogP contribution < -0.4 is 11.1 Å². The van der Waals surface area contributed by atoms with Crippen LogP contribution in [-0.2, 0) is 9.59 Å². The largest absolute Gasteiger partial charge is 0.388 e. The monoisotopic (exact) mass is 349 g/mol. The van der Waals surface area contributed by atoms with Gasteiger partial charge in [-0.2, -0.15) is 0 Å². The Kier molecular flexibility index (Phi) is 12.8. The molecule has 0 unspecified atom stereocenters. The van der Waals surface area contributed by atoms with Crippen LogP contribution in [0.25, 0.3) is 0 Å². The van der Waals surface area contributed by atoms with E-state index in [-0.39, 0.29) is 6.42 Å². The maximum atomic E-state index is 11.7. The normalized spacial score (nSPS) is 16.4. The Balaban J connectivity index is 4.02. The lowest BCUT2D eigenvalue weighted by molar-refractivity contribution is -0.154. The summed E-state index contributed by atoms with van der Waals surface area (Å²) in [6, 6.07) is 0. The molecule has 0 aliphatic rings. The molecule has 141 valence electrons. The fraction of sp³-hybridized carbons (Fsp3) is 0.867. The Morgan fingerprint density at radius 3 is 1.92 bits per heavy atom. The molecule has 0 saturated carbocycles. The summed E-state index contributed by atoms with van der Waals surface area (Å²) in [5.74, 6) is -1.82. The second-order valence-corrected chi connectivity index (χ2v) is 5.63. The van der Waals surface area contributed by atoms with E-state index in [1.54, 1.807) is 0 Å². The molecule has 0 aliphatic carbocycles. The van der Waals surface area contributed by atoms with Crippen LogP contribution in [0, 0.1) is 0 Å². The third-order valence-corrected chi connectivity index (χ3v) is 3.62. The maximum absolute atomic E-state index is 11.7. The van der Waals surface area contributed by atoms with E-state index in [0.29, 0.717) is 19.5 Å². The molecule has 0 spiro atoms. The number of carbonyl (C=O) groups excluding carboxylic acids is 2. The molecule has 0 aliphatic heterocycles. The van der Waals surface area contributed by atoms with Crippen molar-refractivity contribution in [1.82, 2.24) is 11.1 Å². The van der Waals surface area contributed by atoms with Crippen LogP contribution in [0.2, 0.25) is 0 Å². The highest BCUT2D eigenvalue weighted by Gasteiger charge is 2.36. The number of aliphatic hydroxyl groups excluding tert-OH is 5. The van der Waals surface area contributed by atoms with Crippen LogP contribution in [0.1, 0.15) is 32.1 Å². The number of aliphatic hydroxyl groups is 5. The molecule has 9 nitrogen and oxygen atoms in total. The highest BCUT2D eigenvalue weighted by molar-refractivity contribution is 5.85. The summed E-state index contributed by atoms with van der Waals surface area (Å²) in [6.07, 6.45) is -4.90. The van der Waals surface area contributed by atoms with Gasteiger partial charge in [-0.05, 0) is 32.4 Å². The predicted molar refractivity (Wildman–Crippen MR) is 85.0 cm³/mol. The molecule has 0 amide bonds. The summed E-state index contributed by atoms with van der Waals surface area (Å²) in [5.41, 5.74) is 7.00. The van der Waals surface area contributed by atoms with Crippen LogP contribution in [0.3, 0.4) is 0 Å². The number of unbranched alkanes of at least 4 members (excludes halogenated alkanes) is 2. The molecular weight excluding hydrogens is 320 g/mol. The van der Waals surface area contributed by atoms with Gasteiger partial charge >= 0.3 is 0 Å². The van der Waals surface area contributed by atoms with Crippen molar-refractivity contribution in [3.63, 3.8) is 0 Å². The van der Waals surface area contributed by atoms with Crippen molar-refractivity contribution in [2.24, 2.45) is 0 Å². The van der Waals surface area contributed by atoms with Crippen LogP contribution in [0.4, 0.5) is 0 Å². The number of ketones is 2. The highest BCUT2D eigenvalue weighted by Crippen LogP contribution is 2.09. The first kappa shape index (κ1) is 23.1. The van der Waals surface area contributed by atoms with E-state index in [1.165, 1.54) is 0 Å². The van der Waals surface area contributed by atoms with E-state index in [0.717, 1.165) is 25.8 Å². The van der Waals surface area contributed by atoms with Crippen molar-refractivity contribution in [2.45, 2.75) is 56.5 Å². The molecule has 0 aromatic rings. The number of rotatable bonds is 15. The van der Waals surface area contributed by atoms with Crippen molar-refractivity contribution in [3.8, 4) is 0 Å². The Bertz CT molecular complexity index is 368. The molecule has 0 rings (SSSR count). The molecule has 0 bridgehead atoms. The molecule has 4 atom stereocenters. The standard InChI is InChI=1S/C15H29N2O7/c16-6-2-1-3-7-17-8-4-5-10(19)12(21)14(23)15(24)13(22)11(20)9-18/h12-18,21-24H,1-9H2/t12-,13+,14+,15+/m0/s1. The van der Waals surface area contributed by atoms with Gasteiger partial charge in [0.1, 0.15) is 31.0 Å². The van der Waals surface area contributed by atoms with Crippen LogP contribution >= 0.6 is 0 Å². The zero-order chi connectivity index (χ0) is 18.5. The van der Waals surface area contributed by atoms with Gasteiger partial charge in [0.2, 0.25) is 0 Å². The molecule has 0 heterocycles. The highest BCUT2D eigenvalue weighted by atomic mass is 16.4. The van der Waals surface area contributed by atoms with E-state index in [9.17, 15) is 30.0 Å². The molecule has 24 heavy (non-hydrogen) atoms. The fourth-order valence-corrected chi connectivity index (χ4v) is 2.06. The van der Waals surface area contributed by atoms with Crippen molar-refractivity contribution in [1.29, 1.82) is 0 Å². The van der Waals surface area contributed by atoms with E-state index >= 15 is 0 Å². The minimum Gasteiger partial charge on any atom is -0.388 e. The van der Waals surface area contributed by atoms with E-state index in [2.05, 4.69) is 5.32 Å². The van der Waals surface area contributed by atoms with Gasteiger partial charge in [-0.1, -0.05) is 6.42 Å². The van der Waals surface area contributed by atoms with Gasteiger partial charge in [-0.3, -0.25) is 15.3 Å². The van der Waals surface area contributed by atoms with Crippen LogP contribution in [-0.4, -0.2) is 87.8 Å². The number of hydrogen-bond acceptors (Lipinski definition) is 8. The summed E-state index contributed by atoms with van der Waals surface area (Å²) in [7, 11) is 0. The second kappa shape index (κ2) is 13.4. The summed E-state index contributed by atoms with van der Waals surface area (Å²) in [6.45, 7) is 0.707. The van der Waals surface area contributed by atoms with Crippen molar-refractivity contribution < 1.29 is 35.1 Å². The third-order valence-electron chi connectivity index (χ3n) is 3.62. The Labute approximate surface area is 141 Å². The quantitative estimate of drug-likeness (QED) is 0.174. The Hall–Kier alpha value is -0.940. The van der Waals surface area contributed by atoms with Gasteiger partial charge in [-0.15, -0.1) is 0 Å². The SMILES string of the molecule is [NH]CCCCCNCCCC(=O)[C@H](O)[C@@H](O)[C@H](O)[C@H](O)C(=O)CO. The lowest BCUT2D eigenvalue weighted by Gasteiger charge is -2.24. The minimum atomic E-state index is -2.07. The molecule has 0 aromatic carbocycles. The number of hydrogen-bond donors (Lipinski definition) is 6. The maximum Gasteiger partial charge on any atom is 0.189 e. The van der Waals surface area contributed by atoms with Crippen LogP contribution in [0.15, 0.2) is 0 Å². The Morgan fingerprint density at radius 2 is 1.38 bits per heavy atom. The zero-order valence-corrected chi connectivity index (χ0v) is 13.7. The molecule has 0 fully saturated rings. The Morgan fingerprint density at radius 1 is 0.833 bits per heavy atom. The first-order valence-corrected chi connectivity index (χ1v) is 8.10. The molecule has 9 heteroatoms. The van der Waals surface area contributed by atoms with Gasteiger partial charge in [0.05, 0.1) is 0 Å². The third kappa shape index (κ3) is 8.78. The second-order valence-electron chi connectivity index (χ2n) is 5.63. The van der Waals surface area contributed by atoms with Crippen molar-refractivity contribution in [3.05, 3.63) is 0 Å². The molecule has 1 radical (unpaired) electrons. The van der Waals surface area contributed by atoms with Gasteiger partial charge in [-0.25, -0.2) is 0 Å². The first-order valence-electron chi connectivity index (χ1n) is 8.10. The summed E-state index contributed by atoms with van der Waals surface area (Å²) >= 11 is 0. The van der Waals surface area contributed by atoms with Gasteiger partial charge < -0.3 is 30.8 Å². The number of carbonyl (C=O) groups is 2. The number of Topliss-reactive ketones (excluding diaryl/α,β-unsaturated/α-hetero) is 2. The van der Waals surface area contributed by atoms with Gasteiger partial charge in [0, 0.05) is 13.0 Å². The first-order chi connectivity index (χ1) is 11.4. The number of nitrogens with one attached hydrogen (secondary N) is 2. The van der Waals surface area contributed by atoms with E-state index < -0.39 is 42.6 Å². The molecule has 7 N–H and O–H groups in total.